The lowest BCUT2D eigenvalue weighted by Gasteiger charge is -2.19. The molecule has 7 heteroatoms. The molecular formula is C11H8BrCl3N2S. The first-order valence-corrected chi connectivity index (χ1v) is 7.73. The predicted octanol–water partition coefficient (Wildman–Crippen LogP) is 5.50. The summed E-state index contributed by atoms with van der Waals surface area (Å²) < 4.78 is 1.07. The van der Waals surface area contributed by atoms with E-state index in [1.165, 1.54) is 4.88 Å². The molecule has 0 saturated heterocycles. The zero-order valence-corrected chi connectivity index (χ0v) is 13.9. The van der Waals surface area contributed by atoms with Gasteiger partial charge >= 0.3 is 0 Å². The highest BCUT2D eigenvalue weighted by Gasteiger charge is 2.13. The van der Waals surface area contributed by atoms with Crippen LogP contribution in [0.3, 0.4) is 0 Å². The van der Waals surface area contributed by atoms with E-state index in [1.807, 2.05) is 17.3 Å². The van der Waals surface area contributed by atoms with Gasteiger partial charge in [0.05, 0.1) is 16.6 Å². The maximum Gasteiger partial charge on any atom is 0.150 e. The Kier molecular flexibility index (Phi) is 4.78. The molecule has 0 aliphatic carbocycles. The fourth-order valence-corrected chi connectivity index (χ4v) is 3.59. The third-order valence-electron chi connectivity index (χ3n) is 2.24. The van der Waals surface area contributed by atoms with E-state index >= 15 is 0 Å². The first kappa shape index (κ1) is 14.4. The van der Waals surface area contributed by atoms with E-state index < -0.39 is 0 Å². The van der Waals surface area contributed by atoms with Crippen LogP contribution in [-0.4, -0.2) is 12.0 Å². The second-order valence-corrected chi connectivity index (χ2v) is 6.74. The lowest BCUT2D eigenvalue weighted by atomic mass is 10.4. The summed E-state index contributed by atoms with van der Waals surface area (Å²) in [7, 11) is 1.91. The molecule has 0 aliphatic rings. The number of nitrogens with zero attached hydrogens (tertiary/aromatic N) is 2. The molecule has 0 saturated carbocycles. The van der Waals surface area contributed by atoms with E-state index in [0.717, 1.165) is 4.47 Å². The Hall–Kier alpha value is -0.000000000000000167. The minimum Gasteiger partial charge on any atom is -0.353 e. The molecule has 0 radical (unpaired) electrons. The average molecular weight is 387 g/mol. The fourth-order valence-electron chi connectivity index (χ4n) is 1.45. The monoisotopic (exact) mass is 384 g/mol. The molecule has 18 heavy (non-hydrogen) atoms. The van der Waals surface area contributed by atoms with E-state index in [2.05, 4.69) is 27.0 Å². The minimum absolute atomic E-state index is 0.260. The Bertz CT molecular complexity index is 573. The van der Waals surface area contributed by atoms with E-state index in [1.54, 1.807) is 17.4 Å². The third kappa shape index (κ3) is 3.31. The van der Waals surface area contributed by atoms with Crippen molar-refractivity contribution in [1.82, 2.24) is 4.98 Å². The molecule has 0 aliphatic heterocycles. The van der Waals surface area contributed by atoms with Crippen LogP contribution < -0.4 is 4.90 Å². The summed E-state index contributed by atoms with van der Waals surface area (Å²) >= 11 is 23.0. The highest BCUT2D eigenvalue weighted by Crippen LogP contribution is 2.32. The SMILES string of the molecule is CN(Cc1cc(Br)cs1)c1nc(Cl)c(Cl)cc1Cl. The van der Waals surface area contributed by atoms with Gasteiger partial charge in [-0.2, -0.15) is 0 Å². The third-order valence-corrected chi connectivity index (χ3v) is 4.88. The van der Waals surface area contributed by atoms with Crippen LogP contribution in [0.15, 0.2) is 22.0 Å². The molecule has 0 amide bonds. The molecule has 0 atom stereocenters. The molecule has 0 fully saturated rings. The van der Waals surface area contributed by atoms with Gasteiger partial charge in [-0.3, -0.25) is 0 Å². The standard InChI is InChI=1S/C11H8BrCl3N2S/c1-17(4-7-2-6(12)5-18-7)11-9(14)3-8(13)10(15)16-11/h2-3,5H,4H2,1H3. The van der Waals surface area contributed by atoms with Gasteiger partial charge in [-0.05, 0) is 28.1 Å². The van der Waals surface area contributed by atoms with Crippen molar-refractivity contribution in [3.8, 4) is 0 Å². The van der Waals surface area contributed by atoms with E-state index in [0.29, 0.717) is 22.4 Å². The molecule has 2 rings (SSSR count). The predicted molar refractivity (Wildman–Crippen MR) is 83.4 cm³/mol. The van der Waals surface area contributed by atoms with Gasteiger partial charge in [0, 0.05) is 21.8 Å². The number of pyridine rings is 1. The Balaban J connectivity index is 2.23. The van der Waals surface area contributed by atoms with Crippen molar-refractivity contribution in [1.29, 1.82) is 0 Å². The van der Waals surface area contributed by atoms with Crippen LogP contribution in [0.1, 0.15) is 4.88 Å². The second kappa shape index (κ2) is 5.97. The topological polar surface area (TPSA) is 16.1 Å². The second-order valence-electron chi connectivity index (χ2n) is 3.65. The molecule has 2 heterocycles. The molecule has 0 aromatic carbocycles. The molecule has 0 N–H and O–H groups in total. The van der Waals surface area contributed by atoms with Gasteiger partial charge in [-0.1, -0.05) is 34.8 Å². The Labute approximate surface area is 133 Å². The number of hydrogen-bond donors (Lipinski definition) is 0. The molecule has 96 valence electrons. The van der Waals surface area contributed by atoms with Gasteiger partial charge in [0.2, 0.25) is 0 Å². The summed E-state index contributed by atoms with van der Waals surface area (Å²) in [5.41, 5.74) is 0. The summed E-state index contributed by atoms with van der Waals surface area (Å²) in [6, 6.07) is 3.67. The van der Waals surface area contributed by atoms with Gasteiger partial charge in [0.1, 0.15) is 11.0 Å². The first-order chi connectivity index (χ1) is 8.47. The maximum atomic E-state index is 6.11. The number of hydrogen-bond acceptors (Lipinski definition) is 3. The van der Waals surface area contributed by atoms with Gasteiger partial charge in [0.15, 0.2) is 0 Å². The number of thiophene rings is 1. The van der Waals surface area contributed by atoms with Gasteiger partial charge in [0.25, 0.3) is 0 Å². The smallest absolute Gasteiger partial charge is 0.150 e. The van der Waals surface area contributed by atoms with Crippen molar-refractivity contribution in [3.05, 3.63) is 42.1 Å². The van der Waals surface area contributed by atoms with Crippen molar-refractivity contribution in [2.75, 3.05) is 11.9 Å². The van der Waals surface area contributed by atoms with Crippen LogP contribution >= 0.6 is 62.1 Å². The number of rotatable bonds is 3. The van der Waals surface area contributed by atoms with Gasteiger partial charge in [-0.15, -0.1) is 11.3 Å². The lowest BCUT2D eigenvalue weighted by molar-refractivity contribution is 0.913. The summed E-state index contributed by atoms with van der Waals surface area (Å²) in [6.07, 6.45) is 0. The molecule has 2 aromatic heterocycles. The Morgan fingerprint density at radius 1 is 1.28 bits per heavy atom. The minimum atomic E-state index is 0.260. The lowest BCUT2D eigenvalue weighted by Crippen LogP contribution is -2.17. The van der Waals surface area contributed by atoms with Crippen LogP contribution in [0, 0.1) is 0 Å². The van der Waals surface area contributed by atoms with E-state index in [9.17, 15) is 0 Å². The molecule has 2 aromatic rings. The Morgan fingerprint density at radius 3 is 2.61 bits per heavy atom. The fraction of sp³-hybridized carbons (Fsp3) is 0.182. The number of halogens is 4. The Morgan fingerprint density at radius 2 is 2.00 bits per heavy atom. The largest absolute Gasteiger partial charge is 0.353 e. The molecular weight excluding hydrogens is 378 g/mol. The van der Waals surface area contributed by atoms with Crippen molar-refractivity contribution < 1.29 is 0 Å². The molecule has 0 bridgehead atoms. The quantitative estimate of drug-likeness (QED) is 0.647. The zero-order chi connectivity index (χ0) is 13.3. The summed E-state index contributed by atoms with van der Waals surface area (Å²) in [6.45, 7) is 0.709. The van der Waals surface area contributed by atoms with Crippen LogP contribution in [0.4, 0.5) is 5.82 Å². The van der Waals surface area contributed by atoms with Crippen LogP contribution in [-0.2, 0) is 6.54 Å². The van der Waals surface area contributed by atoms with Crippen LogP contribution in [0.5, 0.6) is 0 Å². The van der Waals surface area contributed by atoms with Crippen molar-refractivity contribution in [2.45, 2.75) is 6.54 Å². The van der Waals surface area contributed by atoms with Crippen LogP contribution in [0.25, 0.3) is 0 Å². The van der Waals surface area contributed by atoms with Crippen molar-refractivity contribution in [3.63, 3.8) is 0 Å². The summed E-state index contributed by atoms with van der Waals surface area (Å²) in [5, 5.41) is 3.14. The number of aromatic nitrogens is 1. The molecule has 0 unspecified atom stereocenters. The molecule has 2 nitrogen and oxygen atoms in total. The number of anilines is 1. The summed E-state index contributed by atoms with van der Waals surface area (Å²) in [4.78, 5) is 7.33. The molecule has 0 spiro atoms. The van der Waals surface area contributed by atoms with E-state index in [-0.39, 0.29) is 5.15 Å². The highest BCUT2D eigenvalue weighted by atomic mass is 79.9. The first-order valence-electron chi connectivity index (χ1n) is 4.93. The van der Waals surface area contributed by atoms with Gasteiger partial charge < -0.3 is 4.90 Å². The zero-order valence-electron chi connectivity index (χ0n) is 9.25. The maximum absolute atomic E-state index is 6.11. The average Bonchev–Trinajstić information content (AvgIpc) is 2.69. The van der Waals surface area contributed by atoms with Crippen molar-refractivity contribution in [2.24, 2.45) is 0 Å². The van der Waals surface area contributed by atoms with Gasteiger partial charge in [-0.25, -0.2) is 4.98 Å². The normalized spacial score (nSPS) is 10.7. The van der Waals surface area contributed by atoms with E-state index in [4.69, 9.17) is 34.8 Å². The van der Waals surface area contributed by atoms with Crippen LogP contribution in [0.2, 0.25) is 15.2 Å². The highest BCUT2D eigenvalue weighted by molar-refractivity contribution is 9.10. The van der Waals surface area contributed by atoms with Crippen molar-refractivity contribution >= 4 is 67.9 Å². The summed E-state index contributed by atoms with van der Waals surface area (Å²) in [5.74, 6) is 0.621.